The predicted molar refractivity (Wildman–Crippen MR) is 154 cm³/mol. The van der Waals surface area contributed by atoms with Crippen LogP contribution in [0.25, 0.3) is 0 Å². The maximum Gasteiger partial charge on any atom is 0.264 e. The monoisotopic (exact) mass is 637 g/mol. The van der Waals surface area contributed by atoms with Gasteiger partial charge in [0.25, 0.3) is 10.0 Å². The van der Waals surface area contributed by atoms with Crippen LogP contribution in [0, 0.1) is 5.82 Å². The first-order chi connectivity index (χ1) is 18.2. The number of nitrogens with one attached hydrogen (secondary N) is 1. The quantitative estimate of drug-likeness (QED) is 0.323. The van der Waals surface area contributed by atoms with Crippen molar-refractivity contribution in [1.29, 1.82) is 0 Å². The van der Waals surface area contributed by atoms with Crippen molar-refractivity contribution >= 4 is 55.1 Å². The van der Waals surface area contributed by atoms with Crippen molar-refractivity contribution in [2.75, 3.05) is 10.8 Å². The first-order valence-electron chi connectivity index (χ1n) is 12.1. The predicted octanol–water partition coefficient (Wildman–Crippen LogP) is 5.77. The fraction of sp³-hybridized carbons (Fsp3) is 0.286. The van der Waals surface area contributed by atoms with Crippen LogP contribution in [0.5, 0.6) is 0 Å². The molecule has 0 bridgehead atoms. The van der Waals surface area contributed by atoms with Gasteiger partial charge in [0, 0.05) is 16.6 Å². The van der Waals surface area contributed by atoms with E-state index in [1.807, 2.05) is 32.9 Å². The number of hydrogen-bond donors (Lipinski definition) is 1. The van der Waals surface area contributed by atoms with E-state index in [0.717, 1.165) is 26.5 Å². The standard InChI is InChI=1S/C28H30BrClFN3O4S/c1-19(27(36)32-28(2,3)4)33(17-20-9-8-10-21(29)15-20)26(35)18-34(22-13-14-25(31)24(30)16-22)39(37,38)23-11-6-5-7-12-23/h5-16,19H,17-18H2,1-4H3,(H,32,36)/t19-/m0/s1. The molecule has 1 N–H and O–H groups in total. The number of nitrogens with zero attached hydrogens (tertiary/aromatic N) is 2. The smallest absolute Gasteiger partial charge is 0.264 e. The van der Waals surface area contributed by atoms with Crippen LogP contribution in [-0.2, 0) is 26.2 Å². The number of halogens is 3. The lowest BCUT2D eigenvalue weighted by Crippen LogP contribution is -2.54. The molecule has 3 aromatic carbocycles. The number of hydrogen-bond acceptors (Lipinski definition) is 4. The lowest BCUT2D eigenvalue weighted by atomic mass is 10.1. The SMILES string of the molecule is C[C@@H](C(=O)NC(C)(C)C)N(Cc1cccc(Br)c1)C(=O)CN(c1ccc(F)c(Cl)c1)S(=O)(=O)c1ccccc1. The zero-order valence-electron chi connectivity index (χ0n) is 22.0. The minimum Gasteiger partial charge on any atom is -0.350 e. The molecule has 0 fully saturated rings. The summed E-state index contributed by atoms with van der Waals surface area (Å²) in [6, 6.07) is 17.3. The van der Waals surface area contributed by atoms with Gasteiger partial charge in [0.15, 0.2) is 0 Å². The minimum atomic E-state index is -4.27. The molecular weight excluding hydrogens is 609 g/mol. The van der Waals surface area contributed by atoms with Crippen molar-refractivity contribution in [3.05, 3.63) is 93.7 Å². The molecule has 0 saturated carbocycles. The van der Waals surface area contributed by atoms with E-state index < -0.39 is 45.8 Å². The van der Waals surface area contributed by atoms with Crippen LogP contribution in [0.15, 0.2) is 82.2 Å². The van der Waals surface area contributed by atoms with Gasteiger partial charge in [0.05, 0.1) is 15.6 Å². The van der Waals surface area contributed by atoms with Crippen LogP contribution in [0.3, 0.4) is 0 Å². The van der Waals surface area contributed by atoms with Crippen molar-refractivity contribution in [2.24, 2.45) is 0 Å². The van der Waals surface area contributed by atoms with Gasteiger partial charge in [-0.25, -0.2) is 12.8 Å². The molecule has 0 heterocycles. The highest BCUT2D eigenvalue weighted by Crippen LogP contribution is 2.28. The van der Waals surface area contributed by atoms with E-state index in [9.17, 15) is 22.4 Å². The van der Waals surface area contributed by atoms with E-state index in [2.05, 4.69) is 21.2 Å². The van der Waals surface area contributed by atoms with Gasteiger partial charge in [-0.3, -0.25) is 13.9 Å². The van der Waals surface area contributed by atoms with Crippen LogP contribution >= 0.6 is 27.5 Å². The highest BCUT2D eigenvalue weighted by Gasteiger charge is 2.33. The van der Waals surface area contributed by atoms with Crippen molar-refractivity contribution in [2.45, 2.75) is 50.7 Å². The zero-order valence-corrected chi connectivity index (χ0v) is 25.1. The normalized spacial score (nSPS) is 12.5. The third-order valence-electron chi connectivity index (χ3n) is 5.71. The Kier molecular flexibility index (Phi) is 9.79. The van der Waals surface area contributed by atoms with Crippen molar-refractivity contribution in [1.82, 2.24) is 10.2 Å². The van der Waals surface area contributed by atoms with Crippen LogP contribution in [-0.4, -0.2) is 43.3 Å². The largest absolute Gasteiger partial charge is 0.350 e. The summed E-state index contributed by atoms with van der Waals surface area (Å²) < 4.78 is 43.0. The molecule has 0 spiro atoms. The minimum absolute atomic E-state index is 0.00723. The molecule has 2 amide bonds. The second kappa shape index (κ2) is 12.5. The molecule has 39 heavy (non-hydrogen) atoms. The molecule has 0 radical (unpaired) electrons. The Labute approximate surface area is 242 Å². The first-order valence-corrected chi connectivity index (χ1v) is 14.7. The molecule has 0 aliphatic rings. The van der Waals surface area contributed by atoms with Crippen molar-refractivity contribution in [3.8, 4) is 0 Å². The van der Waals surface area contributed by atoms with Crippen LogP contribution < -0.4 is 9.62 Å². The third kappa shape index (κ3) is 8.03. The Balaban J connectivity index is 2.05. The Bertz CT molecular complexity index is 1450. The third-order valence-corrected chi connectivity index (χ3v) is 8.28. The number of carbonyl (C=O) groups is 2. The van der Waals surface area contributed by atoms with E-state index in [1.165, 1.54) is 23.1 Å². The Morgan fingerprint density at radius 2 is 1.69 bits per heavy atom. The fourth-order valence-electron chi connectivity index (χ4n) is 3.78. The molecule has 208 valence electrons. The average Bonchev–Trinajstić information content (AvgIpc) is 2.86. The number of anilines is 1. The number of amides is 2. The average molecular weight is 639 g/mol. The van der Waals surface area contributed by atoms with Gasteiger partial charge in [0.1, 0.15) is 18.4 Å². The van der Waals surface area contributed by atoms with Gasteiger partial charge in [0.2, 0.25) is 11.8 Å². The molecule has 1 atom stereocenters. The molecule has 7 nitrogen and oxygen atoms in total. The van der Waals surface area contributed by atoms with Crippen LogP contribution in [0.4, 0.5) is 10.1 Å². The molecule has 0 aliphatic carbocycles. The number of benzene rings is 3. The van der Waals surface area contributed by atoms with E-state index in [0.29, 0.717) is 0 Å². The van der Waals surface area contributed by atoms with E-state index in [4.69, 9.17) is 11.6 Å². The summed E-state index contributed by atoms with van der Waals surface area (Å²) in [5.41, 5.74) is 0.187. The zero-order chi connectivity index (χ0) is 29.0. The highest BCUT2D eigenvalue weighted by molar-refractivity contribution is 9.10. The first kappa shape index (κ1) is 30.6. The lowest BCUT2D eigenvalue weighted by Gasteiger charge is -2.33. The maximum atomic E-state index is 14.0. The van der Waals surface area contributed by atoms with Gasteiger partial charge in [-0.05, 0) is 75.7 Å². The Morgan fingerprint density at radius 3 is 2.28 bits per heavy atom. The number of sulfonamides is 1. The van der Waals surface area contributed by atoms with Gasteiger partial charge in [-0.1, -0.05) is 57.9 Å². The molecular formula is C28H30BrClFN3O4S. The van der Waals surface area contributed by atoms with Crippen LogP contribution in [0.2, 0.25) is 5.02 Å². The van der Waals surface area contributed by atoms with Crippen molar-refractivity contribution < 1.29 is 22.4 Å². The summed E-state index contributed by atoms with van der Waals surface area (Å²) in [7, 11) is -4.27. The maximum absolute atomic E-state index is 14.0. The Morgan fingerprint density at radius 1 is 1.03 bits per heavy atom. The summed E-state index contributed by atoms with van der Waals surface area (Å²) in [5.74, 6) is -1.76. The second-order valence-corrected chi connectivity index (χ2v) is 13.2. The topological polar surface area (TPSA) is 86.8 Å². The summed E-state index contributed by atoms with van der Waals surface area (Å²) >= 11 is 9.40. The fourth-order valence-corrected chi connectivity index (χ4v) is 5.83. The molecule has 3 rings (SSSR count). The van der Waals surface area contributed by atoms with Gasteiger partial charge < -0.3 is 10.2 Å². The lowest BCUT2D eigenvalue weighted by molar-refractivity contribution is -0.140. The highest BCUT2D eigenvalue weighted by atomic mass is 79.9. The number of rotatable bonds is 9. The Hall–Kier alpha value is -2.95. The summed E-state index contributed by atoms with van der Waals surface area (Å²) in [6.07, 6.45) is 0. The number of carbonyl (C=O) groups excluding carboxylic acids is 2. The summed E-state index contributed by atoms with van der Waals surface area (Å²) in [4.78, 5) is 28.3. The molecule has 0 aromatic heterocycles. The van der Waals surface area contributed by atoms with Crippen LogP contribution in [0.1, 0.15) is 33.3 Å². The molecule has 0 saturated heterocycles. The molecule has 11 heteroatoms. The van der Waals surface area contributed by atoms with E-state index >= 15 is 0 Å². The van der Waals surface area contributed by atoms with E-state index in [-0.39, 0.29) is 22.2 Å². The van der Waals surface area contributed by atoms with Gasteiger partial charge in [-0.2, -0.15) is 0 Å². The molecule has 3 aromatic rings. The molecule has 0 unspecified atom stereocenters. The van der Waals surface area contributed by atoms with Crippen molar-refractivity contribution in [3.63, 3.8) is 0 Å². The molecule has 0 aliphatic heterocycles. The summed E-state index contributed by atoms with van der Waals surface area (Å²) in [6.45, 7) is 6.45. The van der Waals surface area contributed by atoms with Gasteiger partial charge >= 0.3 is 0 Å². The van der Waals surface area contributed by atoms with E-state index in [1.54, 1.807) is 37.3 Å². The second-order valence-electron chi connectivity index (χ2n) is 9.99. The summed E-state index contributed by atoms with van der Waals surface area (Å²) in [5, 5.41) is 2.58. The van der Waals surface area contributed by atoms with Gasteiger partial charge in [-0.15, -0.1) is 0 Å².